The topological polar surface area (TPSA) is 135 Å². The molecule has 2 aromatic heterocycles. The number of aromatic nitrogens is 2. The molecule has 238 valence electrons. The number of aliphatic hydroxyl groups is 1. The third-order valence-electron chi connectivity index (χ3n) is 9.29. The average molecular weight is 624 g/mol. The number of amides is 2. The van der Waals surface area contributed by atoms with Gasteiger partial charge in [0.2, 0.25) is 11.8 Å². The second kappa shape index (κ2) is 12.2. The molecule has 2 aliphatic carbocycles. The van der Waals surface area contributed by atoms with Gasteiger partial charge in [-0.05, 0) is 68.5 Å². The number of pyridine rings is 2. The first-order valence-electron chi connectivity index (χ1n) is 15.7. The largest absolute Gasteiger partial charge is 0.493 e. The highest BCUT2D eigenvalue weighted by Crippen LogP contribution is 2.52. The maximum atomic E-state index is 13.0. The van der Waals surface area contributed by atoms with Crippen molar-refractivity contribution in [2.75, 3.05) is 44.0 Å². The van der Waals surface area contributed by atoms with E-state index in [1.54, 1.807) is 43.6 Å². The number of likely N-dealkylation sites (tertiary alicyclic amines) is 1. The van der Waals surface area contributed by atoms with Crippen LogP contribution in [0.2, 0.25) is 0 Å². The second-order valence-corrected chi connectivity index (χ2v) is 12.5. The molecule has 2 aromatic carbocycles. The van der Waals surface area contributed by atoms with Gasteiger partial charge in [-0.1, -0.05) is 18.2 Å². The van der Waals surface area contributed by atoms with Crippen LogP contribution in [-0.2, 0) is 9.59 Å². The molecule has 0 radical (unpaired) electrons. The number of carbonyl (C=O) groups excluding carboxylic acids is 2. The number of nitrogens with one attached hydrogen (secondary N) is 2. The van der Waals surface area contributed by atoms with Crippen LogP contribution in [-0.4, -0.2) is 71.2 Å². The Labute approximate surface area is 266 Å². The van der Waals surface area contributed by atoms with Gasteiger partial charge in [-0.15, -0.1) is 0 Å². The standard InChI is InChI=1S/C35H37N5O6/c1-44-28-18-25-26(19-29(28)45-17-5-16-40-21-30(41)34(22-40)11-12-34)36-15-10-27(25)46-24-8-9-31(37-20-24)39-33(43)35(13-14-35)32(42)38-23-6-3-2-4-7-23/h2-4,6-10,15,18-20,30,41H,5,11-14,16-17,21-22H2,1H3,(H,38,42)(H,37,39,43). The molecule has 3 N–H and O–H groups in total. The van der Waals surface area contributed by atoms with Gasteiger partial charge >= 0.3 is 0 Å². The van der Waals surface area contributed by atoms with E-state index in [0.717, 1.165) is 44.3 Å². The molecule has 1 spiro atoms. The van der Waals surface area contributed by atoms with E-state index in [9.17, 15) is 14.7 Å². The average Bonchev–Trinajstić information content (AvgIpc) is 3.99. The van der Waals surface area contributed by atoms with Gasteiger partial charge in [0.15, 0.2) is 11.5 Å². The zero-order valence-corrected chi connectivity index (χ0v) is 25.7. The smallest absolute Gasteiger partial charge is 0.241 e. The number of carbonyl (C=O) groups is 2. The number of nitrogens with zero attached hydrogens (tertiary/aromatic N) is 3. The highest BCUT2D eigenvalue weighted by atomic mass is 16.5. The summed E-state index contributed by atoms with van der Waals surface area (Å²) in [6, 6.07) is 17.9. The Bertz CT molecular complexity index is 1740. The van der Waals surface area contributed by atoms with Crippen LogP contribution in [0.15, 0.2) is 73.1 Å². The molecule has 11 heteroatoms. The molecule has 3 heterocycles. The van der Waals surface area contributed by atoms with Crippen molar-refractivity contribution in [3.63, 3.8) is 0 Å². The van der Waals surface area contributed by atoms with Crippen molar-refractivity contribution >= 4 is 34.2 Å². The summed E-state index contributed by atoms with van der Waals surface area (Å²) in [6.07, 6.45) is 7.04. The quantitative estimate of drug-likeness (QED) is 0.147. The summed E-state index contributed by atoms with van der Waals surface area (Å²) in [5, 5.41) is 16.6. The van der Waals surface area contributed by atoms with E-state index in [1.165, 1.54) is 6.20 Å². The zero-order valence-electron chi connectivity index (χ0n) is 25.7. The monoisotopic (exact) mass is 623 g/mol. The Morgan fingerprint density at radius 3 is 2.46 bits per heavy atom. The van der Waals surface area contributed by atoms with Crippen LogP contribution in [0.25, 0.3) is 10.9 Å². The van der Waals surface area contributed by atoms with Crippen LogP contribution >= 0.6 is 0 Å². The van der Waals surface area contributed by atoms with E-state index in [2.05, 4.69) is 25.5 Å². The fourth-order valence-electron chi connectivity index (χ4n) is 6.17. The minimum atomic E-state index is -1.10. The maximum Gasteiger partial charge on any atom is 0.241 e. The van der Waals surface area contributed by atoms with E-state index < -0.39 is 5.41 Å². The molecular weight excluding hydrogens is 586 g/mol. The van der Waals surface area contributed by atoms with Crippen molar-refractivity contribution in [2.24, 2.45) is 10.8 Å². The fraction of sp³-hybridized carbons (Fsp3) is 0.371. The lowest BCUT2D eigenvalue weighted by atomic mass is 10.0. The lowest BCUT2D eigenvalue weighted by molar-refractivity contribution is -0.131. The third-order valence-corrected chi connectivity index (χ3v) is 9.29. The highest BCUT2D eigenvalue weighted by Gasteiger charge is 2.57. The van der Waals surface area contributed by atoms with Crippen molar-refractivity contribution in [1.29, 1.82) is 0 Å². The summed E-state index contributed by atoms with van der Waals surface area (Å²) in [5.41, 5.74) is 0.398. The van der Waals surface area contributed by atoms with Crippen LogP contribution < -0.4 is 24.8 Å². The predicted octanol–water partition coefficient (Wildman–Crippen LogP) is 5.01. The number of rotatable bonds is 12. The number of aliphatic hydroxyl groups excluding tert-OH is 1. The van der Waals surface area contributed by atoms with E-state index in [0.29, 0.717) is 59.5 Å². The molecule has 1 atom stereocenters. The molecule has 1 aliphatic heterocycles. The highest BCUT2D eigenvalue weighted by molar-refractivity contribution is 6.16. The molecule has 2 saturated carbocycles. The number of para-hydroxylation sites is 1. The van der Waals surface area contributed by atoms with Crippen LogP contribution in [0.4, 0.5) is 11.5 Å². The van der Waals surface area contributed by atoms with Gasteiger partial charge in [-0.3, -0.25) is 19.5 Å². The molecule has 4 aromatic rings. The Morgan fingerprint density at radius 2 is 1.76 bits per heavy atom. The number of hydrogen-bond acceptors (Lipinski definition) is 9. The Hall–Kier alpha value is -4.74. The molecule has 3 fully saturated rings. The van der Waals surface area contributed by atoms with Crippen LogP contribution in [0.3, 0.4) is 0 Å². The molecule has 46 heavy (non-hydrogen) atoms. The molecule has 7 rings (SSSR count). The van der Waals surface area contributed by atoms with Gasteiger partial charge < -0.3 is 30.0 Å². The van der Waals surface area contributed by atoms with Crippen LogP contribution in [0.1, 0.15) is 32.1 Å². The van der Waals surface area contributed by atoms with Crippen molar-refractivity contribution in [3.8, 4) is 23.0 Å². The first-order valence-corrected chi connectivity index (χ1v) is 15.7. The number of β-amino-alcohol motifs (C(OH)–C–C–N with tert-alkyl or cyclic N) is 1. The molecule has 3 aliphatic rings. The number of methoxy groups -OCH3 is 1. The lowest BCUT2D eigenvalue weighted by Crippen LogP contribution is -2.35. The Morgan fingerprint density at radius 1 is 0.957 bits per heavy atom. The zero-order chi connectivity index (χ0) is 31.7. The summed E-state index contributed by atoms with van der Waals surface area (Å²) < 4.78 is 17.9. The van der Waals surface area contributed by atoms with Crippen molar-refractivity contribution < 1.29 is 28.9 Å². The SMILES string of the molecule is COc1cc2c(Oc3ccc(NC(=O)C4(C(=O)Nc5ccccc5)CC4)nc3)ccnc2cc1OCCCN1CC(O)C2(CC2)C1. The van der Waals surface area contributed by atoms with E-state index in [4.69, 9.17) is 14.2 Å². The molecule has 11 nitrogen and oxygen atoms in total. The number of benzene rings is 2. The summed E-state index contributed by atoms with van der Waals surface area (Å²) in [5.74, 6) is 1.82. The maximum absolute atomic E-state index is 13.0. The normalized spacial score (nSPS) is 19.0. The minimum absolute atomic E-state index is 0.156. The van der Waals surface area contributed by atoms with E-state index in [-0.39, 0.29) is 23.3 Å². The number of fused-ring (bicyclic) bond motifs is 1. The predicted molar refractivity (Wildman–Crippen MR) is 172 cm³/mol. The summed E-state index contributed by atoms with van der Waals surface area (Å²) >= 11 is 0. The summed E-state index contributed by atoms with van der Waals surface area (Å²) in [4.78, 5) is 37.1. The van der Waals surface area contributed by atoms with E-state index >= 15 is 0 Å². The van der Waals surface area contributed by atoms with Crippen LogP contribution in [0, 0.1) is 10.8 Å². The summed E-state index contributed by atoms with van der Waals surface area (Å²) in [6.45, 7) is 3.12. The van der Waals surface area contributed by atoms with Gasteiger partial charge in [-0.25, -0.2) is 4.98 Å². The lowest BCUT2D eigenvalue weighted by Gasteiger charge is -2.17. The van der Waals surface area contributed by atoms with Gasteiger partial charge in [0.1, 0.15) is 22.7 Å². The molecule has 0 bridgehead atoms. The fourth-order valence-corrected chi connectivity index (χ4v) is 6.17. The molecule has 1 unspecified atom stereocenters. The second-order valence-electron chi connectivity index (χ2n) is 12.5. The Kier molecular flexibility index (Phi) is 7.95. The number of anilines is 2. The van der Waals surface area contributed by atoms with Gasteiger partial charge in [0.25, 0.3) is 0 Å². The number of ether oxygens (including phenoxy) is 3. The van der Waals surface area contributed by atoms with Crippen molar-refractivity contribution in [3.05, 3.63) is 73.1 Å². The van der Waals surface area contributed by atoms with Gasteiger partial charge in [-0.2, -0.15) is 0 Å². The molecule has 1 saturated heterocycles. The summed E-state index contributed by atoms with van der Waals surface area (Å²) in [7, 11) is 1.60. The minimum Gasteiger partial charge on any atom is -0.493 e. The Balaban J connectivity index is 0.964. The first kappa shape index (κ1) is 29.9. The number of hydrogen-bond donors (Lipinski definition) is 3. The van der Waals surface area contributed by atoms with Gasteiger partial charge in [0, 0.05) is 48.4 Å². The van der Waals surface area contributed by atoms with Crippen molar-refractivity contribution in [2.45, 2.75) is 38.2 Å². The van der Waals surface area contributed by atoms with E-state index in [1.807, 2.05) is 30.3 Å². The molecule has 2 amide bonds. The first-order chi connectivity index (χ1) is 22.4. The van der Waals surface area contributed by atoms with Gasteiger partial charge in [0.05, 0.1) is 31.5 Å². The van der Waals surface area contributed by atoms with Crippen LogP contribution in [0.5, 0.6) is 23.0 Å². The van der Waals surface area contributed by atoms with Crippen molar-refractivity contribution in [1.82, 2.24) is 14.9 Å². The third kappa shape index (κ3) is 6.08. The molecular formula is C35H37N5O6.